The molecule has 0 saturated carbocycles. The number of benzene rings is 3. The number of H-pyrrole nitrogens is 1. The average Bonchev–Trinajstić information content (AvgIpc) is 3.14. The number of aromatic amines is 1. The molecule has 0 amide bonds. The quantitative estimate of drug-likeness (QED) is 0.256. The zero-order valence-corrected chi connectivity index (χ0v) is 16.7. The van der Waals surface area contributed by atoms with Crippen LogP contribution < -0.4 is 10.6 Å². The topological polar surface area (TPSA) is 52.7 Å². The molecule has 4 nitrogen and oxygen atoms in total. The molecule has 0 spiro atoms. The van der Waals surface area contributed by atoms with Gasteiger partial charge in [-0.25, -0.2) is 4.98 Å². The summed E-state index contributed by atoms with van der Waals surface area (Å²) in [6.07, 6.45) is 0. The summed E-state index contributed by atoms with van der Waals surface area (Å²) in [5, 5.41) is 6.56. The number of fused-ring (bicyclic) bond motifs is 1. The normalized spacial score (nSPS) is 11.0. The molecule has 1 aromatic heterocycles. The van der Waals surface area contributed by atoms with Gasteiger partial charge in [0.05, 0.1) is 11.0 Å². The fourth-order valence-electron chi connectivity index (χ4n) is 2.81. The highest BCUT2D eigenvalue weighted by Crippen LogP contribution is 2.26. The van der Waals surface area contributed by atoms with Crippen molar-refractivity contribution in [1.82, 2.24) is 9.97 Å². The van der Waals surface area contributed by atoms with Crippen LogP contribution in [0.1, 0.15) is 0 Å². The lowest BCUT2D eigenvalue weighted by molar-refractivity contribution is 0.252. The highest BCUT2D eigenvalue weighted by atomic mass is 32.2. The van der Waals surface area contributed by atoms with Crippen molar-refractivity contribution in [2.24, 2.45) is 0 Å². The third-order valence-electron chi connectivity index (χ3n) is 4.14. The molecule has 3 aromatic carbocycles. The highest BCUT2D eigenvalue weighted by Gasteiger charge is 2.07. The highest BCUT2D eigenvalue weighted by molar-refractivity contribution is 7.99. The van der Waals surface area contributed by atoms with E-state index in [2.05, 4.69) is 20.6 Å². The second kappa shape index (κ2) is 8.59. The van der Waals surface area contributed by atoms with Crippen LogP contribution in [0.25, 0.3) is 22.4 Å². The molecule has 0 bridgehead atoms. The number of halogens is 2. The van der Waals surface area contributed by atoms with E-state index in [-0.39, 0.29) is 0 Å². The second-order valence-electron chi connectivity index (χ2n) is 6.16. The number of hydrogen-bond donors (Lipinski definition) is 3. The summed E-state index contributed by atoms with van der Waals surface area (Å²) in [4.78, 5) is 8.40. The average molecular weight is 427 g/mol. The first kappa shape index (κ1) is 19.4. The zero-order valence-electron chi connectivity index (χ0n) is 15.0. The molecular weight excluding hydrogens is 410 g/mol. The smallest absolute Gasteiger partial charge is 0.288 e. The van der Waals surface area contributed by atoms with Crippen LogP contribution in [0.15, 0.2) is 77.7 Å². The largest absolute Gasteiger partial charge is 0.338 e. The molecule has 29 heavy (non-hydrogen) atoms. The molecule has 0 fully saturated rings. The molecule has 0 aliphatic heterocycles. The van der Waals surface area contributed by atoms with E-state index in [0.717, 1.165) is 33.8 Å². The van der Waals surface area contributed by atoms with E-state index >= 15 is 0 Å². The monoisotopic (exact) mass is 426 g/mol. The van der Waals surface area contributed by atoms with Crippen LogP contribution in [0.2, 0.25) is 0 Å². The Kier molecular flexibility index (Phi) is 5.73. The molecule has 8 heteroatoms. The van der Waals surface area contributed by atoms with Gasteiger partial charge in [-0.3, -0.25) is 0 Å². The molecule has 1 heterocycles. The van der Waals surface area contributed by atoms with Crippen molar-refractivity contribution >= 4 is 51.5 Å². The number of rotatable bonds is 5. The van der Waals surface area contributed by atoms with E-state index in [4.69, 9.17) is 12.2 Å². The van der Waals surface area contributed by atoms with Crippen molar-refractivity contribution in [3.05, 3.63) is 72.8 Å². The minimum absolute atomic E-state index is 0.413. The zero-order chi connectivity index (χ0) is 20.2. The molecule has 0 aliphatic carbocycles. The van der Waals surface area contributed by atoms with E-state index in [0.29, 0.717) is 21.8 Å². The Hall–Kier alpha value is -2.97. The van der Waals surface area contributed by atoms with Gasteiger partial charge in [-0.2, -0.15) is 8.78 Å². The van der Waals surface area contributed by atoms with Gasteiger partial charge in [0.15, 0.2) is 5.11 Å². The SMILES string of the molecule is FC(F)Sc1ccc(NC(=S)Nc2ccc(-c3nc4ccccc4[nH]3)cc2)cc1. The third kappa shape index (κ3) is 4.90. The van der Waals surface area contributed by atoms with Gasteiger partial charge >= 0.3 is 0 Å². The summed E-state index contributed by atoms with van der Waals surface area (Å²) in [6, 6.07) is 22.3. The molecule has 0 aliphatic rings. The number of hydrogen-bond acceptors (Lipinski definition) is 3. The molecule has 0 atom stereocenters. The first-order valence-electron chi connectivity index (χ1n) is 8.75. The first-order valence-corrected chi connectivity index (χ1v) is 10.0. The first-order chi connectivity index (χ1) is 14.1. The van der Waals surface area contributed by atoms with E-state index in [1.54, 1.807) is 24.3 Å². The van der Waals surface area contributed by atoms with Gasteiger partial charge in [0, 0.05) is 21.8 Å². The number of thioether (sulfide) groups is 1. The van der Waals surface area contributed by atoms with Crippen molar-refractivity contribution in [3.63, 3.8) is 0 Å². The van der Waals surface area contributed by atoms with Crippen molar-refractivity contribution in [3.8, 4) is 11.4 Å². The van der Waals surface area contributed by atoms with Gasteiger partial charge < -0.3 is 15.6 Å². The molecule has 4 rings (SSSR count). The molecule has 4 aromatic rings. The number of nitrogens with zero attached hydrogens (tertiary/aromatic N) is 1. The number of nitrogens with one attached hydrogen (secondary N) is 3. The fraction of sp³-hybridized carbons (Fsp3) is 0.0476. The van der Waals surface area contributed by atoms with Crippen molar-refractivity contribution in [1.29, 1.82) is 0 Å². The number of aromatic nitrogens is 2. The summed E-state index contributed by atoms with van der Waals surface area (Å²) >= 11 is 5.84. The summed E-state index contributed by atoms with van der Waals surface area (Å²) in [5.74, 6) is -1.63. The van der Waals surface area contributed by atoms with Crippen molar-refractivity contribution in [2.45, 2.75) is 10.7 Å². The maximum Gasteiger partial charge on any atom is 0.288 e. The summed E-state index contributed by atoms with van der Waals surface area (Å²) in [6.45, 7) is 0. The number of para-hydroxylation sites is 2. The molecule has 0 unspecified atom stereocenters. The van der Waals surface area contributed by atoms with E-state index < -0.39 is 5.76 Å². The molecule has 0 radical (unpaired) electrons. The predicted molar refractivity (Wildman–Crippen MR) is 120 cm³/mol. The molecule has 3 N–H and O–H groups in total. The minimum atomic E-state index is -2.43. The van der Waals surface area contributed by atoms with Crippen LogP contribution in [-0.2, 0) is 0 Å². The Morgan fingerprint density at radius 2 is 1.52 bits per heavy atom. The lowest BCUT2D eigenvalue weighted by Gasteiger charge is -2.11. The number of thiocarbonyl (C=S) groups is 1. The Morgan fingerprint density at radius 1 is 0.897 bits per heavy atom. The van der Waals surface area contributed by atoms with Crippen LogP contribution in [0.5, 0.6) is 0 Å². The van der Waals surface area contributed by atoms with Crippen LogP contribution >= 0.6 is 24.0 Å². The van der Waals surface area contributed by atoms with E-state index in [1.807, 2.05) is 48.5 Å². The maximum absolute atomic E-state index is 12.4. The number of alkyl halides is 2. The Bertz CT molecular complexity index is 1090. The van der Waals surface area contributed by atoms with E-state index in [9.17, 15) is 8.78 Å². The lowest BCUT2D eigenvalue weighted by atomic mass is 10.2. The van der Waals surface area contributed by atoms with Gasteiger partial charge in [-0.05, 0) is 72.9 Å². The standard InChI is InChI=1S/C21H16F2N4S2/c22-20(23)29-16-11-9-15(10-12-16)25-21(28)24-14-7-5-13(6-8-14)19-26-17-3-1-2-4-18(17)27-19/h1-12,20H,(H,26,27)(H2,24,25,28). The molecule has 0 saturated heterocycles. The van der Waals surface area contributed by atoms with Crippen molar-refractivity contribution < 1.29 is 8.78 Å². The van der Waals surface area contributed by atoms with Gasteiger partial charge in [-0.1, -0.05) is 23.9 Å². The second-order valence-corrected chi connectivity index (χ2v) is 7.63. The summed E-state index contributed by atoms with van der Waals surface area (Å²) in [7, 11) is 0. The third-order valence-corrected chi connectivity index (χ3v) is 5.07. The molecule has 146 valence electrons. The molecular formula is C21H16F2N4S2. The van der Waals surface area contributed by atoms with Crippen LogP contribution in [0.4, 0.5) is 20.2 Å². The Balaban J connectivity index is 1.38. The summed E-state index contributed by atoms with van der Waals surface area (Å²) in [5.41, 5.74) is 4.44. The maximum atomic E-state index is 12.4. The minimum Gasteiger partial charge on any atom is -0.338 e. The number of anilines is 2. The van der Waals surface area contributed by atoms with Crippen LogP contribution in [0.3, 0.4) is 0 Å². The van der Waals surface area contributed by atoms with Crippen LogP contribution in [-0.4, -0.2) is 20.8 Å². The van der Waals surface area contributed by atoms with Crippen molar-refractivity contribution in [2.75, 3.05) is 10.6 Å². The lowest BCUT2D eigenvalue weighted by Crippen LogP contribution is -2.18. The van der Waals surface area contributed by atoms with E-state index in [1.165, 1.54) is 0 Å². The number of imidazole rings is 1. The fourth-order valence-corrected chi connectivity index (χ4v) is 3.55. The Morgan fingerprint density at radius 3 is 2.14 bits per heavy atom. The predicted octanol–water partition coefficient (Wildman–Crippen LogP) is 6.35. The van der Waals surface area contributed by atoms with Gasteiger partial charge in [0.25, 0.3) is 5.76 Å². The van der Waals surface area contributed by atoms with Crippen LogP contribution in [0, 0.1) is 0 Å². The van der Waals surface area contributed by atoms with Gasteiger partial charge in [0.1, 0.15) is 5.82 Å². The van der Waals surface area contributed by atoms with Gasteiger partial charge in [-0.15, -0.1) is 0 Å². The van der Waals surface area contributed by atoms with Gasteiger partial charge in [0.2, 0.25) is 0 Å². The summed E-state index contributed by atoms with van der Waals surface area (Å²) < 4.78 is 24.7. The Labute approximate surface area is 175 Å².